The predicted octanol–water partition coefficient (Wildman–Crippen LogP) is 3.17. The number of hydrogen-bond donors (Lipinski definition) is 1. The van der Waals surface area contributed by atoms with Crippen molar-refractivity contribution in [2.45, 2.75) is 46.6 Å². The smallest absolute Gasteiger partial charge is 0.169 e. The monoisotopic (exact) mass is 274 g/mol. The highest BCUT2D eigenvalue weighted by molar-refractivity contribution is 5.72. The van der Waals surface area contributed by atoms with Crippen LogP contribution in [0.5, 0.6) is 0 Å². The molecule has 0 amide bonds. The fourth-order valence-corrected chi connectivity index (χ4v) is 2.77. The van der Waals surface area contributed by atoms with E-state index in [1.165, 1.54) is 0 Å². The van der Waals surface area contributed by atoms with Crippen LogP contribution in [0.2, 0.25) is 0 Å². The minimum atomic E-state index is -0.0706. The Balaban J connectivity index is 2.31. The second-order valence-electron chi connectivity index (χ2n) is 7.05. The molecule has 0 spiro atoms. The van der Waals surface area contributed by atoms with E-state index in [2.05, 4.69) is 49.9 Å². The molecule has 0 aliphatic rings. The summed E-state index contributed by atoms with van der Waals surface area (Å²) < 4.78 is 1.86. The number of rotatable bonds is 4. The van der Waals surface area contributed by atoms with Gasteiger partial charge in [0.15, 0.2) is 11.9 Å². The molecule has 0 unspecified atom stereocenters. The molecule has 20 heavy (non-hydrogen) atoms. The fourth-order valence-electron chi connectivity index (χ4n) is 2.77. The quantitative estimate of drug-likeness (QED) is 0.870. The highest BCUT2D eigenvalue weighted by Crippen LogP contribution is 2.29. The van der Waals surface area contributed by atoms with Crippen molar-refractivity contribution in [3.63, 3.8) is 0 Å². The molecule has 0 aromatic carbocycles. The van der Waals surface area contributed by atoms with Crippen molar-refractivity contribution in [1.29, 1.82) is 0 Å². The molecular formula is C15H22N4O. The summed E-state index contributed by atoms with van der Waals surface area (Å²) in [6.45, 7) is 11.0. The van der Waals surface area contributed by atoms with Gasteiger partial charge in [0.1, 0.15) is 11.5 Å². The van der Waals surface area contributed by atoms with E-state index < -0.39 is 0 Å². The Morgan fingerprint density at radius 3 is 2.50 bits per heavy atom. The van der Waals surface area contributed by atoms with Crippen LogP contribution in [0.1, 0.15) is 51.5 Å². The Labute approximate surface area is 119 Å². The van der Waals surface area contributed by atoms with Crippen LogP contribution in [0.4, 0.5) is 5.82 Å². The van der Waals surface area contributed by atoms with Gasteiger partial charge in [-0.3, -0.25) is 9.20 Å². The molecule has 0 fully saturated rings. The van der Waals surface area contributed by atoms with Gasteiger partial charge in [0.2, 0.25) is 0 Å². The molecule has 2 heterocycles. The van der Waals surface area contributed by atoms with Gasteiger partial charge in [0, 0.05) is 11.7 Å². The number of nitrogens with zero attached hydrogens (tertiary/aromatic N) is 3. The van der Waals surface area contributed by atoms with Crippen LogP contribution in [-0.2, 0) is 0 Å². The number of carbonyl (C=O) groups excluding carboxylic acids is 1. The summed E-state index contributed by atoms with van der Waals surface area (Å²) in [5.41, 5.74) is 1.28. The zero-order valence-electron chi connectivity index (χ0n) is 12.8. The van der Waals surface area contributed by atoms with Crippen LogP contribution in [0, 0.1) is 5.41 Å². The second-order valence-corrected chi connectivity index (χ2v) is 7.05. The molecule has 108 valence electrons. The molecule has 5 heteroatoms. The largest absolute Gasteiger partial charge is 0.365 e. The van der Waals surface area contributed by atoms with Crippen LogP contribution >= 0.6 is 0 Å². The first-order valence-electron chi connectivity index (χ1n) is 6.77. The second kappa shape index (κ2) is 4.89. The standard InChI is InChI=1S/C15H22N4O/c1-14(2,3)10-15(4,5)18-13-7-17-12-6-16-11(9-20)8-19(12)13/h6-9,18H,10H2,1-5H3. The van der Waals surface area contributed by atoms with E-state index in [4.69, 9.17) is 0 Å². The number of fused-ring (bicyclic) bond motifs is 1. The normalized spacial score (nSPS) is 12.7. The number of hydrogen-bond acceptors (Lipinski definition) is 4. The molecule has 2 aromatic rings. The average molecular weight is 274 g/mol. The predicted molar refractivity (Wildman–Crippen MR) is 80.1 cm³/mol. The summed E-state index contributed by atoms with van der Waals surface area (Å²) in [7, 11) is 0. The van der Waals surface area contributed by atoms with Gasteiger partial charge in [0.25, 0.3) is 0 Å². The van der Waals surface area contributed by atoms with E-state index in [1.54, 1.807) is 18.6 Å². The first-order chi connectivity index (χ1) is 9.20. The van der Waals surface area contributed by atoms with Gasteiger partial charge in [-0.15, -0.1) is 0 Å². The maximum atomic E-state index is 10.8. The van der Waals surface area contributed by atoms with Gasteiger partial charge in [-0.2, -0.15) is 0 Å². The summed E-state index contributed by atoms with van der Waals surface area (Å²) in [5, 5.41) is 3.51. The highest BCUT2D eigenvalue weighted by atomic mass is 16.1. The topological polar surface area (TPSA) is 59.3 Å². The molecule has 1 N–H and O–H groups in total. The van der Waals surface area contributed by atoms with Gasteiger partial charge in [-0.1, -0.05) is 20.8 Å². The third-order valence-corrected chi connectivity index (χ3v) is 2.98. The molecule has 0 saturated carbocycles. The summed E-state index contributed by atoms with van der Waals surface area (Å²) in [6.07, 6.45) is 6.83. The lowest BCUT2D eigenvalue weighted by Crippen LogP contribution is -2.35. The van der Waals surface area contributed by atoms with E-state index in [-0.39, 0.29) is 11.0 Å². The molecule has 0 aliphatic carbocycles. The van der Waals surface area contributed by atoms with Crippen molar-refractivity contribution in [3.05, 3.63) is 24.3 Å². The highest BCUT2D eigenvalue weighted by Gasteiger charge is 2.26. The van der Waals surface area contributed by atoms with E-state index in [0.717, 1.165) is 24.2 Å². The molecule has 0 aliphatic heterocycles. The summed E-state index contributed by atoms with van der Waals surface area (Å²) >= 11 is 0. The van der Waals surface area contributed by atoms with Crippen molar-refractivity contribution in [2.24, 2.45) is 5.41 Å². The Bertz CT molecular complexity index is 622. The fraction of sp³-hybridized carbons (Fsp3) is 0.533. The Morgan fingerprint density at radius 1 is 1.20 bits per heavy atom. The summed E-state index contributed by atoms with van der Waals surface area (Å²) in [6, 6.07) is 0. The third kappa shape index (κ3) is 3.35. The first kappa shape index (κ1) is 14.5. The number of carbonyl (C=O) groups is 1. The molecule has 5 nitrogen and oxygen atoms in total. The molecule has 0 radical (unpaired) electrons. The van der Waals surface area contributed by atoms with Gasteiger partial charge >= 0.3 is 0 Å². The zero-order valence-corrected chi connectivity index (χ0v) is 12.8. The molecule has 2 rings (SSSR count). The molecule has 0 saturated heterocycles. The summed E-state index contributed by atoms with van der Waals surface area (Å²) in [4.78, 5) is 19.2. The molecule has 2 aromatic heterocycles. The zero-order chi connectivity index (χ0) is 15.0. The third-order valence-electron chi connectivity index (χ3n) is 2.98. The van der Waals surface area contributed by atoms with E-state index >= 15 is 0 Å². The number of aromatic nitrogens is 3. The number of imidazole rings is 1. The van der Waals surface area contributed by atoms with Crippen molar-refractivity contribution in [1.82, 2.24) is 14.4 Å². The number of anilines is 1. The SMILES string of the molecule is CC(C)(C)CC(C)(C)Nc1cnc2cnc(C=O)cn12. The lowest BCUT2D eigenvalue weighted by Gasteiger charge is -2.33. The van der Waals surface area contributed by atoms with Crippen LogP contribution in [-0.4, -0.2) is 26.2 Å². The number of nitrogens with one attached hydrogen (secondary N) is 1. The maximum absolute atomic E-state index is 10.8. The van der Waals surface area contributed by atoms with Gasteiger partial charge in [-0.05, 0) is 25.7 Å². The molecule has 0 atom stereocenters. The first-order valence-corrected chi connectivity index (χ1v) is 6.77. The van der Waals surface area contributed by atoms with Gasteiger partial charge < -0.3 is 5.32 Å². The van der Waals surface area contributed by atoms with Crippen molar-refractivity contribution < 1.29 is 4.79 Å². The van der Waals surface area contributed by atoms with Crippen LogP contribution in [0.25, 0.3) is 5.65 Å². The lowest BCUT2D eigenvalue weighted by atomic mass is 9.82. The Kier molecular flexibility index (Phi) is 3.54. The Morgan fingerprint density at radius 2 is 1.90 bits per heavy atom. The van der Waals surface area contributed by atoms with Crippen LogP contribution < -0.4 is 5.32 Å². The van der Waals surface area contributed by atoms with Crippen molar-refractivity contribution >= 4 is 17.8 Å². The van der Waals surface area contributed by atoms with Crippen molar-refractivity contribution in [3.8, 4) is 0 Å². The van der Waals surface area contributed by atoms with Crippen molar-refractivity contribution in [2.75, 3.05) is 5.32 Å². The van der Waals surface area contributed by atoms with Gasteiger partial charge in [-0.25, -0.2) is 9.97 Å². The molecular weight excluding hydrogens is 252 g/mol. The Hall–Kier alpha value is -1.91. The van der Waals surface area contributed by atoms with E-state index in [0.29, 0.717) is 5.69 Å². The van der Waals surface area contributed by atoms with Crippen LogP contribution in [0.3, 0.4) is 0 Å². The average Bonchev–Trinajstić information content (AvgIpc) is 2.67. The van der Waals surface area contributed by atoms with Gasteiger partial charge in [0.05, 0.1) is 12.4 Å². The summed E-state index contributed by atoms with van der Waals surface area (Å²) in [5.74, 6) is 0.875. The lowest BCUT2D eigenvalue weighted by molar-refractivity contribution is 0.111. The van der Waals surface area contributed by atoms with E-state index in [1.807, 2.05) is 4.40 Å². The maximum Gasteiger partial charge on any atom is 0.169 e. The van der Waals surface area contributed by atoms with E-state index in [9.17, 15) is 4.79 Å². The minimum Gasteiger partial charge on any atom is -0.365 e. The minimum absolute atomic E-state index is 0.0706. The molecule has 0 bridgehead atoms. The number of aldehydes is 1. The van der Waals surface area contributed by atoms with Crippen LogP contribution in [0.15, 0.2) is 18.6 Å².